The van der Waals surface area contributed by atoms with Crippen LogP contribution in [0.3, 0.4) is 0 Å². The van der Waals surface area contributed by atoms with Crippen molar-refractivity contribution < 1.29 is 0 Å². The molecule has 0 radical (unpaired) electrons. The zero-order chi connectivity index (χ0) is 19.6. The van der Waals surface area contributed by atoms with Crippen molar-refractivity contribution in [1.29, 1.82) is 0 Å². The minimum atomic E-state index is 0.0167. The van der Waals surface area contributed by atoms with Gasteiger partial charge in [0.25, 0.3) is 0 Å². The molecule has 3 aromatic carbocycles. The van der Waals surface area contributed by atoms with Crippen LogP contribution in [0.5, 0.6) is 0 Å². The van der Waals surface area contributed by atoms with Gasteiger partial charge >= 0.3 is 0 Å². The molecule has 0 N–H and O–H groups in total. The Morgan fingerprint density at radius 1 is 0.786 bits per heavy atom. The molecule has 0 unspecified atom stereocenters. The summed E-state index contributed by atoms with van der Waals surface area (Å²) in [6, 6.07) is 25.6. The van der Waals surface area contributed by atoms with Crippen molar-refractivity contribution in [3.05, 3.63) is 108 Å². The fraction of sp³-hybridized carbons (Fsp3) is 0.148. The highest BCUT2D eigenvalue weighted by Gasteiger charge is 2.34. The number of nitrogens with zero attached hydrogens (tertiary/aromatic N) is 1. The number of fused-ring (bicyclic) bond motifs is 3. The molecule has 1 aliphatic carbocycles. The van der Waals surface area contributed by atoms with Gasteiger partial charge in [0.05, 0.1) is 5.69 Å². The van der Waals surface area contributed by atoms with Gasteiger partial charge in [0.15, 0.2) is 0 Å². The molecule has 1 aliphatic rings. The summed E-state index contributed by atoms with van der Waals surface area (Å²) in [5.41, 5.74) is 8.92. The minimum Gasteiger partial charge on any atom is -0.257 e. The molecule has 0 aromatic heterocycles. The Labute approximate surface area is 167 Å². The molecule has 3 aromatic rings. The maximum Gasteiger partial charge on any atom is 0.0633 e. The third-order valence-electron chi connectivity index (χ3n) is 5.56. The summed E-state index contributed by atoms with van der Waals surface area (Å²) in [5.74, 6) is 0. The fourth-order valence-corrected chi connectivity index (χ4v) is 3.95. The SMILES string of the molecule is C/C(=C\C=C/C=Nc1ccc2c(c1)C(C)(C)c1ccccc1-2)c1ccccc1. The van der Waals surface area contributed by atoms with Gasteiger partial charge in [-0.2, -0.15) is 0 Å². The van der Waals surface area contributed by atoms with E-state index in [0.717, 1.165) is 5.69 Å². The van der Waals surface area contributed by atoms with Gasteiger partial charge < -0.3 is 0 Å². The summed E-state index contributed by atoms with van der Waals surface area (Å²) >= 11 is 0. The monoisotopic (exact) mass is 363 g/mol. The zero-order valence-corrected chi connectivity index (χ0v) is 16.7. The van der Waals surface area contributed by atoms with Gasteiger partial charge in [-0.3, -0.25) is 4.99 Å². The Kier molecular flexibility index (Phi) is 4.83. The highest BCUT2D eigenvalue weighted by molar-refractivity contribution is 5.83. The average Bonchev–Trinajstić information content (AvgIpc) is 2.95. The van der Waals surface area contributed by atoms with Crippen LogP contribution in [-0.4, -0.2) is 6.21 Å². The first-order chi connectivity index (χ1) is 13.6. The molecule has 0 saturated carbocycles. The third kappa shape index (κ3) is 3.36. The maximum atomic E-state index is 4.64. The lowest BCUT2D eigenvalue weighted by Gasteiger charge is -2.21. The second kappa shape index (κ2) is 7.44. The minimum absolute atomic E-state index is 0.0167. The van der Waals surface area contributed by atoms with Crippen molar-refractivity contribution in [1.82, 2.24) is 0 Å². The van der Waals surface area contributed by atoms with Crippen LogP contribution >= 0.6 is 0 Å². The lowest BCUT2D eigenvalue weighted by molar-refractivity contribution is 0.660. The summed E-state index contributed by atoms with van der Waals surface area (Å²) in [6.45, 7) is 6.71. The van der Waals surface area contributed by atoms with Crippen molar-refractivity contribution in [2.24, 2.45) is 4.99 Å². The van der Waals surface area contributed by atoms with E-state index in [1.54, 1.807) is 0 Å². The van der Waals surface area contributed by atoms with Crippen LogP contribution in [0.15, 0.2) is 96.0 Å². The van der Waals surface area contributed by atoms with Crippen LogP contribution in [0.2, 0.25) is 0 Å². The topological polar surface area (TPSA) is 12.4 Å². The van der Waals surface area contributed by atoms with E-state index < -0.39 is 0 Å². The van der Waals surface area contributed by atoms with Crippen LogP contribution in [0.4, 0.5) is 5.69 Å². The lowest BCUT2D eigenvalue weighted by atomic mass is 9.82. The number of aliphatic imine (C=N–C) groups is 1. The average molecular weight is 364 g/mol. The molecule has 28 heavy (non-hydrogen) atoms. The number of rotatable bonds is 4. The molecule has 0 saturated heterocycles. The largest absolute Gasteiger partial charge is 0.257 e. The molecule has 4 rings (SSSR count). The van der Waals surface area contributed by atoms with E-state index in [0.29, 0.717) is 0 Å². The second-order valence-corrected chi connectivity index (χ2v) is 7.78. The van der Waals surface area contributed by atoms with E-state index in [4.69, 9.17) is 0 Å². The fourth-order valence-electron chi connectivity index (χ4n) is 3.95. The van der Waals surface area contributed by atoms with E-state index in [-0.39, 0.29) is 5.41 Å². The van der Waals surface area contributed by atoms with Crippen molar-refractivity contribution in [2.75, 3.05) is 0 Å². The third-order valence-corrected chi connectivity index (χ3v) is 5.56. The number of benzene rings is 3. The number of hydrogen-bond donors (Lipinski definition) is 0. The van der Waals surface area contributed by atoms with Gasteiger partial charge in [-0.05, 0) is 58.5 Å². The van der Waals surface area contributed by atoms with Crippen molar-refractivity contribution in [2.45, 2.75) is 26.2 Å². The van der Waals surface area contributed by atoms with Gasteiger partial charge in [0.2, 0.25) is 0 Å². The molecule has 0 atom stereocenters. The Balaban J connectivity index is 1.52. The van der Waals surface area contributed by atoms with Crippen LogP contribution in [0.25, 0.3) is 16.7 Å². The first-order valence-corrected chi connectivity index (χ1v) is 9.75. The Morgan fingerprint density at radius 2 is 1.50 bits per heavy atom. The molecule has 0 aliphatic heterocycles. The molecule has 1 heteroatoms. The molecule has 138 valence electrons. The molecular formula is C27H25N. The summed E-state index contributed by atoms with van der Waals surface area (Å²) < 4.78 is 0. The predicted octanol–water partition coefficient (Wildman–Crippen LogP) is 7.35. The van der Waals surface area contributed by atoms with E-state index in [2.05, 4.69) is 98.6 Å². The van der Waals surface area contributed by atoms with Gasteiger partial charge in [-0.15, -0.1) is 0 Å². The normalized spacial score (nSPS) is 15.2. The quantitative estimate of drug-likeness (QED) is 0.339. The molecule has 0 heterocycles. The zero-order valence-electron chi connectivity index (χ0n) is 16.7. The van der Waals surface area contributed by atoms with Gasteiger partial charge in [0.1, 0.15) is 0 Å². The van der Waals surface area contributed by atoms with Crippen LogP contribution < -0.4 is 0 Å². The molecule has 0 amide bonds. The summed E-state index contributed by atoms with van der Waals surface area (Å²) in [4.78, 5) is 4.64. The summed E-state index contributed by atoms with van der Waals surface area (Å²) in [6.07, 6.45) is 8.01. The lowest BCUT2D eigenvalue weighted by Crippen LogP contribution is -2.14. The highest BCUT2D eigenvalue weighted by Crippen LogP contribution is 2.49. The van der Waals surface area contributed by atoms with Crippen molar-refractivity contribution >= 4 is 17.5 Å². The van der Waals surface area contributed by atoms with E-state index >= 15 is 0 Å². The van der Waals surface area contributed by atoms with E-state index in [1.165, 1.54) is 33.4 Å². The second-order valence-electron chi connectivity index (χ2n) is 7.78. The molecule has 1 nitrogen and oxygen atoms in total. The molecular weight excluding hydrogens is 338 g/mol. The maximum absolute atomic E-state index is 4.64. The van der Waals surface area contributed by atoms with Gasteiger partial charge in [-0.1, -0.05) is 86.7 Å². The van der Waals surface area contributed by atoms with Crippen LogP contribution in [0.1, 0.15) is 37.5 Å². The molecule has 0 spiro atoms. The Bertz CT molecular complexity index is 1080. The van der Waals surface area contributed by atoms with Crippen LogP contribution in [-0.2, 0) is 5.41 Å². The smallest absolute Gasteiger partial charge is 0.0633 e. The first kappa shape index (κ1) is 18.2. The molecule has 0 bridgehead atoms. The van der Waals surface area contributed by atoms with Gasteiger partial charge in [0, 0.05) is 11.6 Å². The number of allylic oxidation sites excluding steroid dienone is 4. The first-order valence-electron chi connectivity index (χ1n) is 9.75. The number of hydrogen-bond acceptors (Lipinski definition) is 1. The van der Waals surface area contributed by atoms with Gasteiger partial charge in [-0.25, -0.2) is 0 Å². The highest BCUT2D eigenvalue weighted by atomic mass is 14.7. The van der Waals surface area contributed by atoms with Crippen LogP contribution in [0, 0.1) is 0 Å². The van der Waals surface area contributed by atoms with E-state index in [1.807, 2.05) is 24.4 Å². The Morgan fingerprint density at radius 3 is 2.32 bits per heavy atom. The van der Waals surface area contributed by atoms with E-state index in [9.17, 15) is 0 Å². The van der Waals surface area contributed by atoms with Crippen molar-refractivity contribution in [3.8, 4) is 11.1 Å². The Hall–Kier alpha value is -3.19. The summed E-state index contributed by atoms with van der Waals surface area (Å²) in [7, 11) is 0. The van der Waals surface area contributed by atoms with Crippen molar-refractivity contribution in [3.63, 3.8) is 0 Å². The summed E-state index contributed by atoms with van der Waals surface area (Å²) in [5, 5.41) is 0. The predicted molar refractivity (Wildman–Crippen MR) is 121 cm³/mol. The molecule has 0 fully saturated rings. The standard InChI is InChI=1S/C27H25N/c1-20(21-12-5-4-6-13-21)11-9-10-18-28-22-16-17-24-23-14-7-8-15-25(23)27(2,3)26(24)19-22/h4-19H,1-3H3/b10-9-,20-11+,28-18?.